The van der Waals surface area contributed by atoms with Crippen molar-refractivity contribution in [3.63, 3.8) is 0 Å². The van der Waals surface area contributed by atoms with E-state index in [9.17, 15) is 8.42 Å². The summed E-state index contributed by atoms with van der Waals surface area (Å²) in [7, 11) is -3.30. The Balaban J connectivity index is 2.11. The van der Waals surface area contributed by atoms with Crippen molar-refractivity contribution < 1.29 is 8.42 Å². The molecule has 1 aromatic carbocycles. The Morgan fingerprint density at radius 2 is 1.84 bits per heavy atom. The molecular formula is C13H20N2O2S2. The van der Waals surface area contributed by atoms with Crippen LogP contribution >= 0.6 is 11.8 Å². The molecule has 0 unspecified atom stereocenters. The van der Waals surface area contributed by atoms with E-state index in [1.54, 1.807) is 16.4 Å². The molecule has 1 heterocycles. The lowest BCUT2D eigenvalue weighted by Gasteiger charge is -2.25. The largest absolute Gasteiger partial charge is 0.313 e. The van der Waals surface area contributed by atoms with Crippen LogP contribution < -0.4 is 5.32 Å². The molecule has 6 heteroatoms. The van der Waals surface area contributed by atoms with E-state index in [-0.39, 0.29) is 0 Å². The summed E-state index contributed by atoms with van der Waals surface area (Å²) in [6.45, 7) is 4.97. The molecule has 1 aliphatic rings. The van der Waals surface area contributed by atoms with E-state index >= 15 is 0 Å². The Hall–Kier alpha value is -0.560. The summed E-state index contributed by atoms with van der Waals surface area (Å²) in [5.74, 6) is 1.77. The smallest absolute Gasteiger partial charge is 0.243 e. The van der Waals surface area contributed by atoms with Crippen LogP contribution in [0.3, 0.4) is 0 Å². The third-order valence-electron chi connectivity index (χ3n) is 3.11. The number of nitrogens with one attached hydrogen (secondary N) is 1. The fourth-order valence-corrected chi connectivity index (χ4v) is 4.56. The molecule has 0 radical (unpaired) electrons. The van der Waals surface area contributed by atoms with Crippen LogP contribution in [0.5, 0.6) is 0 Å². The molecule has 2 rings (SSSR count). The lowest BCUT2D eigenvalue weighted by molar-refractivity contribution is 0.443. The quantitative estimate of drug-likeness (QED) is 0.896. The van der Waals surface area contributed by atoms with Crippen molar-refractivity contribution in [1.82, 2.24) is 9.62 Å². The highest BCUT2D eigenvalue weighted by Gasteiger charge is 2.25. The van der Waals surface area contributed by atoms with Crippen LogP contribution in [-0.2, 0) is 16.6 Å². The predicted octanol–water partition coefficient (Wildman–Crippen LogP) is 1.53. The first kappa shape index (κ1) is 14.8. The van der Waals surface area contributed by atoms with Crippen LogP contribution in [0, 0.1) is 0 Å². The lowest BCUT2D eigenvalue weighted by atomic mass is 10.2. The van der Waals surface area contributed by atoms with Gasteiger partial charge >= 0.3 is 0 Å². The summed E-state index contributed by atoms with van der Waals surface area (Å²) in [6.07, 6.45) is 0. The van der Waals surface area contributed by atoms with Crippen LogP contribution in [0.2, 0.25) is 0 Å². The maximum absolute atomic E-state index is 12.4. The van der Waals surface area contributed by atoms with Crippen LogP contribution in [0.15, 0.2) is 29.2 Å². The Bertz CT molecular complexity index is 494. The molecule has 0 spiro atoms. The number of rotatable bonds is 5. The number of sulfonamides is 1. The molecule has 0 aromatic heterocycles. The van der Waals surface area contributed by atoms with Gasteiger partial charge < -0.3 is 5.32 Å². The van der Waals surface area contributed by atoms with Gasteiger partial charge in [0.15, 0.2) is 0 Å². The molecule has 4 nitrogen and oxygen atoms in total. The maximum Gasteiger partial charge on any atom is 0.243 e. The standard InChI is InChI=1S/C13H20N2O2S2/c1-2-14-11-12-3-5-13(6-4-12)19(16,17)15-7-9-18-10-8-15/h3-6,14H,2,7-11H2,1H3. The predicted molar refractivity (Wildman–Crippen MR) is 79.9 cm³/mol. The summed E-state index contributed by atoms with van der Waals surface area (Å²) < 4.78 is 26.4. The van der Waals surface area contributed by atoms with E-state index in [4.69, 9.17) is 0 Å². The third kappa shape index (κ3) is 3.72. The molecule has 0 saturated carbocycles. The first-order valence-electron chi connectivity index (χ1n) is 6.52. The monoisotopic (exact) mass is 300 g/mol. The zero-order valence-electron chi connectivity index (χ0n) is 11.1. The Morgan fingerprint density at radius 1 is 1.21 bits per heavy atom. The fourth-order valence-electron chi connectivity index (χ4n) is 1.98. The van der Waals surface area contributed by atoms with Gasteiger partial charge in [-0.25, -0.2) is 8.42 Å². The minimum Gasteiger partial charge on any atom is -0.313 e. The molecule has 19 heavy (non-hydrogen) atoms. The van der Waals surface area contributed by atoms with E-state index < -0.39 is 10.0 Å². The Kier molecular flexibility index (Phi) is 5.27. The average Bonchev–Trinajstić information content (AvgIpc) is 2.46. The minimum absolute atomic E-state index is 0.402. The maximum atomic E-state index is 12.4. The number of thioether (sulfide) groups is 1. The van der Waals surface area contributed by atoms with Crippen molar-refractivity contribution in [2.45, 2.75) is 18.4 Å². The first-order chi connectivity index (χ1) is 9.14. The second kappa shape index (κ2) is 6.74. The van der Waals surface area contributed by atoms with Crippen molar-refractivity contribution in [3.8, 4) is 0 Å². The second-order valence-electron chi connectivity index (χ2n) is 4.44. The van der Waals surface area contributed by atoms with Gasteiger partial charge in [-0.05, 0) is 24.2 Å². The number of hydrogen-bond donors (Lipinski definition) is 1. The van der Waals surface area contributed by atoms with Crippen LogP contribution in [0.4, 0.5) is 0 Å². The average molecular weight is 300 g/mol. The van der Waals surface area contributed by atoms with Crippen LogP contribution in [0.1, 0.15) is 12.5 Å². The summed E-state index contributed by atoms with van der Waals surface area (Å²) in [5, 5.41) is 3.22. The van der Waals surface area contributed by atoms with Crippen LogP contribution in [0.25, 0.3) is 0 Å². The molecule has 106 valence electrons. The molecular weight excluding hydrogens is 280 g/mol. The highest BCUT2D eigenvalue weighted by Crippen LogP contribution is 2.20. The number of hydrogen-bond acceptors (Lipinski definition) is 4. The van der Waals surface area contributed by atoms with Crippen molar-refractivity contribution in [2.24, 2.45) is 0 Å². The van der Waals surface area contributed by atoms with E-state index in [0.29, 0.717) is 18.0 Å². The van der Waals surface area contributed by atoms with E-state index in [2.05, 4.69) is 5.32 Å². The number of benzene rings is 1. The van der Waals surface area contributed by atoms with Gasteiger partial charge in [0.2, 0.25) is 10.0 Å². The van der Waals surface area contributed by atoms with E-state index in [1.807, 2.05) is 30.8 Å². The second-order valence-corrected chi connectivity index (χ2v) is 7.60. The van der Waals surface area contributed by atoms with Crippen LogP contribution in [-0.4, -0.2) is 43.9 Å². The zero-order valence-corrected chi connectivity index (χ0v) is 12.8. The van der Waals surface area contributed by atoms with E-state index in [0.717, 1.165) is 30.2 Å². The van der Waals surface area contributed by atoms with Gasteiger partial charge in [0.05, 0.1) is 4.90 Å². The van der Waals surface area contributed by atoms with Gasteiger partial charge in [-0.2, -0.15) is 16.1 Å². The molecule has 1 saturated heterocycles. The van der Waals surface area contributed by atoms with Gasteiger partial charge in [-0.15, -0.1) is 0 Å². The summed E-state index contributed by atoms with van der Waals surface area (Å²) >= 11 is 1.81. The molecule has 1 aliphatic heterocycles. The zero-order chi connectivity index (χ0) is 13.7. The molecule has 0 bridgehead atoms. The van der Waals surface area contributed by atoms with Crippen molar-refractivity contribution >= 4 is 21.8 Å². The minimum atomic E-state index is -3.30. The lowest BCUT2D eigenvalue weighted by Crippen LogP contribution is -2.37. The van der Waals surface area contributed by atoms with Gasteiger partial charge in [0.1, 0.15) is 0 Å². The summed E-state index contributed by atoms with van der Waals surface area (Å²) in [5.41, 5.74) is 1.11. The van der Waals surface area contributed by atoms with Gasteiger partial charge in [0.25, 0.3) is 0 Å². The Morgan fingerprint density at radius 3 is 2.42 bits per heavy atom. The number of nitrogens with zero attached hydrogens (tertiary/aromatic N) is 1. The van der Waals surface area contributed by atoms with E-state index in [1.165, 1.54) is 0 Å². The van der Waals surface area contributed by atoms with Crippen molar-refractivity contribution in [2.75, 3.05) is 31.1 Å². The van der Waals surface area contributed by atoms with Gasteiger partial charge in [-0.3, -0.25) is 0 Å². The summed E-state index contributed by atoms with van der Waals surface area (Å²) in [6, 6.07) is 7.19. The van der Waals surface area contributed by atoms with Crippen molar-refractivity contribution in [3.05, 3.63) is 29.8 Å². The fraction of sp³-hybridized carbons (Fsp3) is 0.538. The first-order valence-corrected chi connectivity index (χ1v) is 9.11. The molecule has 0 atom stereocenters. The normalized spacial score (nSPS) is 17.5. The highest BCUT2D eigenvalue weighted by atomic mass is 32.2. The molecule has 1 fully saturated rings. The Labute approximate surface area is 119 Å². The molecule has 1 aromatic rings. The molecule has 0 amide bonds. The van der Waals surface area contributed by atoms with Gasteiger partial charge in [0, 0.05) is 31.1 Å². The SMILES string of the molecule is CCNCc1ccc(S(=O)(=O)N2CCSCC2)cc1. The highest BCUT2D eigenvalue weighted by molar-refractivity contribution is 7.99. The van der Waals surface area contributed by atoms with Crippen molar-refractivity contribution in [1.29, 1.82) is 0 Å². The third-order valence-corrected chi connectivity index (χ3v) is 5.97. The van der Waals surface area contributed by atoms with Gasteiger partial charge in [-0.1, -0.05) is 19.1 Å². The topological polar surface area (TPSA) is 49.4 Å². The summed E-state index contributed by atoms with van der Waals surface area (Å²) in [4.78, 5) is 0.402. The molecule has 0 aliphatic carbocycles. The molecule has 1 N–H and O–H groups in total.